The van der Waals surface area contributed by atoms with Crippen molar-refractivity contribution in [1.29, 1.82) is 0 Å². The normalized spacial score (nSPS) is 14.1. The molecule has 0 spiro atoms. The van der Waals surface area contributed by atoms with Gasteiger partial charge in [0.05, 0.1) is 5.69 Å². The van der Waals surface area contributed by atoms with Crippen molar-refractivity contribution >= 4 is 0 Å². The molecule has 0 fully saturated rings. The zero-order valence-corrected chi connectivity index (χ0v) is 13.7. The van der Waals surface area contributed by atoms with E-state index in [-0.39, 0.29) is 6.04 Å². The minimum absolute atomic E-state index is 0.229. The second-order valence-electron chi connectivity index (χ2n) is 5.68. The maximum atomic E-state index is 5.28. The van der Waals surface area contributed by atoms with Crippen LogP contribution in [-0.2, 0) is 6.42 Å². The Morgan fingerprint density at radius 2 is 1.81 bits per heavy atom. The fourth-order valence-electron chi connectivity index (χ4n) is 2.93. The van der Waals surface area contributed by atoms with Gasteiger partial charge in [0.25, 0.3) is 0 Å². The average Bonchev–Trinajstić information content (AvgIpc) is 2.84. The molecular weight excluding hydrogens is 260 g/mol. The minimum Gasteiger partial charge on any atom is -0.361 e. The molecule has 21 heavy (non-hydrogen) atoms. The smallest absolute Gasteiger partial charge is 0.138 e. The van der Waals surface area contributed by atoms with Crippen LogP contribution in [0.1, 0.15) is 67.4 Å². The summed E-state index contributed by atoms with van der Waals surface area (Å²) >= 11 is 0. The summed E-state index contributed by atoms with van der Waals surface area (Å²) < 4.78 is 5.28. The average molecular weight is 286 g/mol. The van der Waals surface area contributed by atoms with Gasteiger partial charge in [-0.15, -0.1) is 0 Å². The van der Waals surface area contributed by atoms with E-state index in [1.807, 2.05) is 13.8 Å². The van der Waals surface area contributed by atoms with Crippen LogP contribution >= 0.6 is 0 Å². The molecule has 2 aromatic rings. The fourth-order valence-corrected chi connectivity index (χ4v) is 2.93. The van der Waals surface area contributed by atoms with E-state index in [4.69, 9.17) is 4.52 Å². The van der Waals surface area contributed by atoms with Gasteiger partial charge in [0.15, 0.2) is 0 Å². The highest BCUT2D eigenvalue weighted by atomic mass is 16.5. The van der Waals surface area contributed by atoms with Crippen molar-refractivity contribution < 1.29 is 4.52 Å². The van der Waals surface area contributed by atoms with Crippen molar-refractivity contribution in [2.45, 2.75) is 59.5 Å². The summed E-state index contributed by atoms with van der Waals surface area (Å²) in [6, 6.07) is 9.49. The van der Waals surface area contributed by atoms with E-state index in [1.165, 1.54) is 16.7 Å². The van der Waals surface area contributed by atoms with Crippen molar-refractivity contribution in [2.75, 3.05) is 0 Å². The van der Waals surface area contributed by atoms with Gasteiger partial charge in [-0.1, -0.05) is 43.3 Å². The summed E-state index contributed by atoms with van der Waals surface area (Å²) in [4.78, 5) is 0. The van der Waals surface area contributed by atoms with Crippen LogP contribution in [0.15, 0.2) is 28.8 Å². The highest BCUT2D eigenvalue weighted by Gasteiger charge is 2.19. The zero-order chi connectivity index (χ0) is 15.4. The molecule has 114 valence electrons. The predicted octanol–water partition coefficient (Wildman–Crippen LogP) is 4.66. The van der Waals surface area contributed by atoms with Crippen LogP contribution in [0, 0.1) is 13.8 Å². The zero-order valence-electron chi connectivity index (χ0n) is 13.7. The molecule has 3 nitrogen and oxygen atoms in total. The molecule has 0 radical (unpaired) electrons. The summed E-state index contributed by atoms with van der Waals surface area (Å²) in [6.45, 7) is 10.6. The highest BCUT2D eigenvalue weighted by molar-refractivity contribution is 5.27. The van der Waals surface area contributed by atoms with Crippen LogP contribution < -0.4 is 5.32 Å². The van der Waals surface area contributed by atoms with E-state index >= 15 is 0 Å². The standard InChI is InChI=1S/C18H26N2O/c1-6-15-8-10-16(11-9-15)17(7-2)19-12(3)18-13(4)20-21-14(18)5/h8-12,17,19H,6-7H2,1-5H3. The third kappa shape index (κ3) is 3.53. The first-order valence-electron chi connectivity index (χ1n) is 7.84. The molecule has 2 atom stereocenters. The lowest BCUT2D eigenvalue weighted by atomic mass is 9.99. The summed E-state index contributed by atoms with van der Waals surface area (Å²) in [5.41, 5.74) is 4.88. The van der Waals surface area contributed by atoms with Crippen LogP contribution in [0.3, 0.4) is 0 Å². The molecule has 2 unspecified atom stereocenters. The Morgan fingerprint density at radius 3 is 2.29 bits per heavy atom. The summed E-state index contributed by atoms with van der Waals surface area (Å²) in [6.07, 6.45) is 2.14. The first-order chi connectivity index (χ1) is 10.1. The molecule has 0 saturated carbocycles. The van der Waals surface area contributed by atoms with Gasteiger partial charge in [0.2, 0.25) is 0 Å². The van der Waals surface area contributed by atoms with Gasteiger partial charge in [-0.3, -0.25) is 0 Å². The molecule has 1 heterocycles. The van der Waals surface area contributed by atoms with Gasteiger partial charge in [-0.25, -0.2) is 0 Å². The summed E-state index contributed by atoms with van der Waals surface area (Å²) in [5, 5.41) is 7.76. The van der Waals surface area contributed by atoms with Crippen molar-refractivity contribution in [3.05, 3.63) is 52.4 Å². The van der Waals surface area contributed by atoms with Crippen LogP contribution in [0.25, 0.3) is 0 Å². The molecular formula is C18H26N2O. The number of nitrogens with zero attached hydrogens (tertiary/aromatic N) is 1. The lowest BCUT2D eigenvalue weighted by molar-refractivity contribution is 0.388. The monoisotopic (exact) mass is 286 g/mol. The van der Waals surface area contributed by atoms with Gasteiger partial charge in [-0.05, 0) is 44.7 Å². The number of aryl methyl sites for hydroxylation is 3. The molecule has 3 heteroatoms. The number of nitrogens with one attached hydrogen (secondary N) is 1. The maximum Gasteiger partial charge on any atom is 0.138 e. The van der Waals surface area contributed by atoms with E-state index in [2.05, 4.69) is 55.5 Å². The Bertz CT molecular complexity index is 552. The molecule has 2 rings (SSSR count). The maximum absolute atomic E-state index is 5.28. The molecule has 0 saturated heterocycles. The van der Waals surface area contributed by atoms with Gasteiger partial charge in [0, 0.05) is 17.6 Å². The third-order valence-electron chi connectivity index (χ3n) is 4.17. The van der Waals surface area contributed by atoms with Crippen LogP contribution in [0.4, 0.5) is 0 Å². The van der Waals surface area contributed by atoms with E-state index in [0.717, 1.165) is 24.3 Å². The van der Waals surface area contributed by atoms with E-state index in [1.54, 1.807) is 0 Å². The van der Waals surface area contributed by atoms with Crippen LogP contribution in [-0.4, -0.2) is 5.16 Å². The van der Waals surface area contributed by atoms with Crippen molar-refractivity contribution in [2.24, 2.45) is 0 Å². The van der Waals surface area contributed by atoms with E-state index < -0.39 is 0 Å². The number of rotatable bonds is 6. The topological polar surface area (TPSA) is 38.1 Å². The quantitative estimate of drug-likeness (QED) is 0.839. The van der Waals surface area contributed by atoms with Crippen molar-refractivity contribution in [1.82, 2.24) is 10.5 Å². The van der Waals surface area contributed by atoms with E-state index in [0.29, 0.717) is 6.04 Å². The molecule has 0 aliphatic heterocycles. The third-order valence-corrected chi connectivity index (χ3v) is 4.17. The highest BCUT2D eigenvalue weighted by Crippen LogP contribution is 2.26. The van der Waals surface area contributed by atoms with Crippen molar-refractivity contribution in [3.8, 4) is 0 Å². The Morgan fingerprint density at radius 1 is 1.14 bits per heavy atom. The largest absolute Gasteiger partial charge is 0.361 e. The molecule has 1 N–H and O–H groups in total. The molecule has 0 aliphatic carbocycles. The molecule has 1 aromatic heterocycles. The Balaban J connectivity index is 2.14. The minimum atomic E-state index is 0.229. The Labute approximate surface area is 127 Å². The predicted molar refractivity (Wildman–Crippen MR) is 86.4 cm³/mol. The van der Waals surface area contributed by atoms with Crippen LogP contribution in [0.5, 0.6) is 0 Å². The Kier molecular flexibility index (Phi) is 5.18. The Hall–Kier alpha value is -1.61. The van der Waals surface area contributed by atoms with Crippen LogP contribution in [0.2, 0.25) is 0 Å². The first kappa shape index (κ1) is 15.8. The summed E-state index contributed by atoms with van der Waals surface area (Å²) in [7, 11) is 0. The molecule has 1 aromatic carbocycles. The number of benzene rings is 1. The fraction of sp³-hybridized carbons (Fsp3) is 0.500. The summed E-state index contributed by atoms with van der Waals surface area (Å²) in [5.74, 6) is 0.906. The molecule has 0 amide bonds. The number of hydrogen-bond donors (Lipinski definition) is 1. The van der Waals surface area contributed by atoms with Gasteiger partial charge >= 0.3 is 0 Å². The number of hydrogen-bond acceptors (Lipinski definition) is 3. The van der Waals surface area contributed by atoms with Gasteiger partial charge in [0.1, 0.15) is 5.76 Å². The lowest BCUT2D eigenvalue weighted by Crippen LogP contribution is -2.25. The number of aromatic nitrogens is 1. The van der Waals surface area contributed by atoms with Crippen molar-refractivity contribution in [3.63, 3.8) is 0 Å². The lowest BCUT2D eigenvalue weighted by Gasteiger charge is -2.23. The molecule has 0 bridgehead atoms. The van der Waals surface area contributed by atoms with E-state index in [9.17, 15) is 0 Å². The second kappa shape index (κ2) is 6.90. The second-order valence-corrected chi connectivity index (χ2v) is 5.68. The van der Waals surface area contributed by atoms with Gasteiger partial charge < -0.3 is 9.84 Å². The molecule has 0 aliphatic rings. The van der Waals surface area contributed by atoms with Gasteiger partial charge in [-0.2, -0.15) is 0 Å². The first-order valence-corrected chi connectivity index (χ1v) is 7.84. The SMILES string of the molecule is CCc1ccc(C(CC)NC(C)c2c(C)noc2C)cc1.